The molecule has 2 aromatic rings. The lowest BCUT2D eigenvalue weighted by atomic mass is 10.2. The summed E-state index contributed by atoms with van der Waals surface area (Å²) in [5, 5.41) is 16.8. The van der Waals surface area contributed by atoms with Crippen molar-refractivity contribution in [3.63, 3.8) is 0 Å². The molecule has 2 N–H and O–H groups in total. The summed E-state index contributed by atoms with van der Waals surface area (Å²) in [4.78, 5) is 12.4. The summed E-state index contributed by atoms with van der Waals surface area (Å²) in [5.41, 5.74) is 1.07. The van der Waals surface area contributed by atoms with Gasteiger partial charge in [-0.15, -0.1) is 0 Å². The molecule has 0 saturated carbocycles. The van der Waals surface area contributed by atoms with Crippen LogP contribution in [0.3, 0.4) is 0 Å². The number of hydrogen-bond donors (Lipinski definition) is 2. The van der Waals surface area contributed by atoms with Crippen LogP contribution in [0.25, 0.3) is 0 Å². The number of rotatable bonds is 7. The predicted molar refractivity (Wildman–Crippen MR) is 70.6 cm³/mol. The Morgan fingerprint density at radius 1 is 0.900 bits per heavy atom. The molecule has 0 unspecified atom stereocenters. The summed E-state index contributed by atoms with van der Waals surface area (Å²) >= 11 is 0. The van der Waals surface area contributed by atoms with Crippen LogP contribution in [-0.2, 0) is 16.2 Å². The van der Waals surface area contributed by atoms with Gasteiger partial charge in [-0.05, 0) is 29.8 Å². The van der Waals surface area contributed by atoms with Crippen molar-refractivity contribution >= 4 is 7.32 Å². The van der Waals surface area contributed by atoms with Crippen molar-refractivity contribution in [3.05, 3.63) is 60.2 Å². The standard InChI is InChI=1S/C13H13BO6/c15-14(19-16)20-18-13-8-6-12(7-9-13)17-10-11-4-2-1-3-5-11/h1-9,15-16H,10H2. The summed E-state index contributed by atoms with van der Waals surface area (Å²) in [6, 6.07) is 16.3. The highest BCUT2D eigenvalue weighted by Crippen LogP contribution is 2.19. The highest BCUT2D eigenvalue weighted by Gasteiger charge is 2.17. The molecule has 0 heterocycles. The zero-order chi connectivity index (χ0) is 14.2. The molecule has 0 aromatic heterocycles. The van der Waals surface area contributed by atoms with Crippen molar-refractivity contribution in [3.8, 4) is 11.5 Å². The van der Waals surface area contributed by atoms with E-state index in [2.05, 4.69) is 14.5 Å². The van der Waals surface area contributed by atoms with Gasteiger partial charge in [0.15, 0.2) is 5.75 Å². The quantitative estimate of drug-likeness (QED) is 0.458. The van der Waals surface area contributed by atoms with Crippen LogP contribution < -0.4 is 9.62 Å². The molecule has 0 saturated heterocycles. The number of ether oxygens (including phenoxy) is 1. The first-order valence-electron chi connectivity index (χ1n) is 5.86. The Kier molecular flexibility index (Phi) is 5.39. The molecule has 2 aromatic carbocycles. The molecule has 0 aliphatic heterocycles. The minimum atomic E-state index is -1.86. The van der Waals surface area contributed by atoms with Gasteiger partial charge in [0.05, 0.1) is 0 Å². The van der Waals surface area contributed by atoms with E-state index in [-0.39, 0.29) is 0 Å². The fraction of sp³-hybridized carbons (Fsp3) is 0.0769. The molecule has 104 valence electrons. The molecule has 0 spiro atoms. The first kappa shape index (κ1) is 14.4. The molecule has 20 heavy (non-hydrogen) atoms. The molecule has 7 heteroatoms. The highest BCUT2D eigenvalue weighted by molar-refractivity contribution is 6.33. The summed E-state index contributed by atoms with van der Waals surface area (Å²) in [7, 11) is -1.86. The molecular formula is C13H13BO6. The van der Waals surface area contributed by atoms with Gasteiger partial charge in [0.2, 0.25) is 0 Å². The van der Waals surface area contributed by atoms with Crippen LogP contribution in [0.4, 0.5) is 0 Å². The van der Waals surface area contributed by atoms with Gasteiger partial charge in [0.1, 0.15) is 12.4 Å². The molecule has 0 fully saturated rings. The largest absolute Gasteiger partial charge is 0.703 e. The van der Waals surface area contributed by atoms with E-state index >= 15 is 0 Å². The van der Waals surface area contributed by atoms with Gasteiger partial charge < -0.3 is 14.6 Å². The van der Waals surface area contributed by atoms with Gasteiger partial charge in [-0.3, -0.25) is 5.26 Å². The summed E-state index contributed by atoms with van der Waals surface area (Å²) in [6.45, 7) is 0.467. The molecule has 0 bridgehead atoms. The molecule has 0 radical (unpaired) electrons. The van der Waals surface area contributed by atoms with Gasteiger partial charge in [-0.1, -0.05) is 30.3 Å². The third-order valence-electron chi connectivity index (χ3n) is 2.39. The maximum atomic E-state index is 8.74. The van der Waals surface area contributed by atoms with E-state index in [1.165, 1.54) is 0 Å². The number of benzene rings is 2. The monoisotopic (exact) mass is 276 g/mol. The summed E-state index contributed by atoms with van der Waals surface area (Å²) in [5.74, 6) is 0.994. The Morgan fingerprint density at radius 3 is 2.20 bits per heavy atom. The van der Waals surface area contributed by atoms with Gasteiger partial charge in [0, 0.05) is 0 Å². The Hall–Kier alpha value is -2.06. The van der Waals surface area contributed by atoms with E-state index in [4.69, 9.17) is 15.0 Å². The van der Waals surface area contributed by atoms with Crippen LogP contribution in [0, 0.1) is 0 Å². The van der Waals surface area contributed by atoms with Crippen molar-refractivity contribution in [1.82, 2.24) is 0 Å². The first-order chi connectivity index (χ1) is 9.78. The maximum absolute atomic E-state index is 8.74. The van der Waals surface area contributed by atoms with E-state index in [1.54, 1.807) is 24.3 Å². The van der Waals surface area contributed by atoms with E-state index in [0.717, 1.165) is 5.56 Å². The van der Waals surface area contributed by atoms with E-state index in [1.807, 2.05) is 30.3 Å². The fourth-order valence-electron chi connectivity index (χ4n) is 1.45. The fourth-order valence-corrected chi connectivity index (χ4v) is 1.45. The van der Waals surface area contributed by atoms with Crippen molar-refractivity contribution < 1.29 is 29.5 Å². The maximum Gasteiger partial charge on any atom is 0.703 e. The topological polar surface area (TPSA) is 77.4 Å². The molecule has 2 rings (SSSR count). The lowest BCUT2D eigenvalue weighted by molar-refractivity contribution is -0.229. The molecule has 0 atom stereocenters. The van der Waals surface area contributed by atoms with Gasteiger partial charge in [-0.25, -0.2) is 4.81 Å². The molecule has 0 amide bonds. The van der Waals surface area contributed by atoms with Crippen LogP contribution in [0.1, 0.15) is 5.56 Å². The zero-order valence-corrected chi connectivity index (χ0v) is 10.5. The average molecular weight is 276 g/mol. The number of hydrogen-bond acceptors (Lipinski definition) is 6. The Morgan fingerprint density at radius 2 is 1.55 bits per heavy atom. The molecule has 6 nitrogen and oxygen atoms in total. The van der Waals surface area contributed by atoms with Crippen LogP contribution in [0.5, 0.6) is 11.5 Å². The van der Waals surface area contributed by atoms with Crippen LogP contribution in [-0.4, -0.2) is 17.6 Å². The van der Waals surface area contributed by atoms with E-state index in [0.29, 0.717) is 18.1 Å². The lowest BCUT2D eigenvalue weighted by Gasteiger charge is -2.08. The predicted octanol–water partition coefficient (Wildman–Crippen LogP) is 2.04. The van der Waals surface area contributed by atoms with Gasteiger partial charge in [-0.2, -0.15) is 4.81 Å². The average Bonchev–Trinajstić information content (AvgIpc) is 2.52. The Labute approximate surface area is 116 Å². The van der Waals surface area contributed by atoms with Crippen molar-refractivity contribution in [1.29, 1.82) is 0 Å². The van der Waals surface area contributed by atoms with E-state index < -0.39 is 7.32 Å². The summed E-state index contributed by atoms with van der Waals surface area (Å²) < 4.78 is 5.58. The molecule has 0 aliphatic carbocycles. The smallest absolute Gasteiger partial charge is 0.489 e. The minimum absolute atomic E-state index is 0.327. The van der Waals surface area contributed by atoms with Gasteiger partial charge in [0.25, 0.3) is 0 Å². The molecular weight excluding hydrogens is 263 g/mol. The second kappa shape index (κ2) is 7.51. The normalized spacial score (nSPS) is 10.1. The zero-order valence-electron chi connectivity index (χ0n) is 10.5. The summed E-state index contributed by atoms with van der Waals surface area (Å²) in [6.07, 6.45) is 0. The third kappa shape index (κ3) is 4.56. The molecule has 0 aliphatic rings. The van der Waals surface area contributed by atoms with Crippen LogP contribution >= 0.6 is 0 Å². The van der Waals surface area contributed by atoms with E-state index in [9.17, 15) is 0 Å². The first-order valence-corrected chi connectivity index (χ1v) is 5.86. The Bertz CT molecular complexity index is 504. The lowest BCUT2D eigenvalue weighted by Crippen LogP contribution is -2.22. The second-order valence-corrected chi connectivity index (χ2v) is 3.84. The third-order valence-corrected chi connectivity index (χ3v) is 2.39. The van der Waals surface area contributed by atoms with Gasteiger partial charge >= 0.3 is 7.32 Å². The van der Waals surface area contributed by atoms with Crippen molar-refractivity contribution in [2.24, 2.45) is 0 Å². The van der Waals surface area contributed by atoms with Crippen molar-refractivity contribution in [2.75, 3.05) is 0 Å². The minimum Gasteiger partial charge on any atom is -0.489 e. The van der Waals surface area contributed by atoms with Crippen LogP contribution in [0.15, 0.2) is 54.6 Å². The second-order valence-electron chi connectivity index (χ2n) is 3.84. The van der Waals surface area contributed by atoms with Crippen molar-refractivity contribution in [2.45, 2.75) is 6.61 Å². The highest BCUT2D eigenvalue weighted by atomic mass is 17.3. The Balaban J connectivity index is 1.82. The SMILES string of the molecule is OOB(O)OOc1ccc(OCc2ccccc2)cc1. The van der Waals surface area contributed by atoms with Crippen LogP contribution in [0.2, 0.25) is 0 Å².